The van der Waals surface area contributed by atoms with Crippen molar-refractivity contribution >= 4 is 11.6 Å². The summed E-state index contributed by atoms with van der Waals surface area (Å²) in [6.07, 6.45) is 1.55. The van der Waals surface area contributed by atoms with E-state index in [2.05, 4.69) is 4.98 Å². The number of hydrogen-bond acceptors (Lipinski definition) is 3. The Labute approximate surface area is 129 Å². The number of aryl methyl sites for hydroxylation is 2. The second-order valence-electron chi connectivity index (χ2n) is 5.44. The fourth-order valence-corrected chi connectivity index (χ4v) is 2.52. The summed E-state index contributed by atoms with van der Waals surface area (Å²) in [7, 11) is 0. The Balaban J connectivity index is 1.91. The highest BCUT2D eigenvalue weighted by atomic mass is 16.5. The first kappa shape index (κ1) is 14.3. The summed E-state index contributed by atoms with van der Waals surface area (Å²) >= 11 is 0. The summed E-state index contributed by atoms with van der Waals surface area (Å²) in [6.45, 7) is 5.70. The van der Waals surface area contributed by atoms with Gasteiger partial charge in [0.15, 0.2) is 5.69 Å². The minimum atomic E-state index is -0.356. The molecule has 0 aliphatic carbocycles. The van der Waals surface area contributed by atoms with E-state index in [-0.39, 0.29) is 12.1 Å². The van der Waals surface area contributed by atoms with Crippen LogP contribution in [0.5, 0.6) is 0 Å². The summed E-state index contributed by atoms with van der Waals surface area (Å²) in [6, 6.07) is 13.6. The fourth-order valence-electron chi connectivity index (χ4n) is 2.52. The Bertz CT molecular complexity index is 822. The highest BCUT2D eigenvalue weighted by Crippen LogP contribution is 2.20. The van der Waals surface area contributed by atoms with E-state index in [0.29, 0.717) is 11.4 Å². The van der Waals surface area contributed by atoms with E-state index in [1.165, 1.54) is 0 Å². The molecule has 3 rings (SSSR count). The van der Waals surface area contributed by atoms with Crippen LogP contribution in [0.4, 0.5) is 0 Å². The van der Waals surface area contributed by atoms with Crippen molar-refractivity contribution in [3.05, 3.63) is 71.2 Å². The molecule has 0 saturated carbocycles. The average molecular weight is 294 g/mol. The van der Waals surface area contributed by atoms with Crippen LogP contribution >= 0.6 is 0 Å². The van der Waals surface area contributed by atoms with Crippen molar-refractivity contribution in [2.24, 2.45) is 0 Å². The van der Waals surface area contributed by atoms with E-state index >= 15 is 0 Å². The summed E-state index contributed by atoms with van der Waals surface area (Å²) < 4.78 is 7.38. The standard InChI is InChI=1S/C18H18N2O2/c1-12-9-10-20-16(11-12)19-13(2)17(20)18(21)22-14(3)15-7-5-4-6-8-15/h4-11,14H,1-3H3/t14-/m1/s1. The fraction of sp³-hybridized carbons (Fsp3) is 0.222. The van der Waals surface area contributed by atoms with Gasteiger partial charge in [-0.05, 0) is 44.0 Å². The highest BCUT2D eigenvalue weighted by Gasteiger charge is 2.20. The molecule has 1 atom stereocenters. The van der Waals surface area contributed by atoms with Crippen molar-refractivity contribution in [1.82, 2.24) is 9.38 Å². The van der Waals surface area contributed by atoms with Gasteiger partial charge in [0.05, 0.1) is 5.69 Å². The van der Waals surface area contributed by atoms with E-state index < -0.39 is 0 Å². The van der Waals surface area contributed by atoms with Gasteiger partial charge in [-0.15, -0.1) is 0 Å². The lowest BCUT2D eigenvalue weighted by Gasteiger charge is -2.13. The van der Waals surface area contributed by atoms with Crippen LogP contribution in [0.25, 0.3) is 5.65 Å². The lowest BCUT2D eigenvalue weighted by Crippen LogP contribution is -2.12. The molecule has 3 aromatic rings. The maximum absolute atomic E-state index is 12.5. The largest absolute Gasteiger partial charge is 0.453 e. The van der Waals surface area contributed by atoms with Gasteiger partial charge in [-0.1, -0.05) is 30.3 Å². The lowest BCUT2D eigenvalue weighted by molar-refractivity contribution is 0.0328. The molecule has 0 saturated heterocycles. The molecule has 112 valence electrons. The molecule has 0 bridgehead atoms. The first-order valence-electron chi connectivity index (χ1n) is 7.27. The lowest BCUT2D eigenvalue weighted by atomic mass is 10.1. The van der Waals surface area contributed by atoms with Gasteiger partial charge in [0.1, 0.15) is 11.8 Å². The van der Waals surface area contributed by atoms with Crippen LogP contribution in [-0.4, -0.2) is 15.4 Å². The molecule has 0 spiro atoms. The summed E-state index contributed by atoms with van der Waals surface area (Å²) in [4.78, 5) is 17.0. The molecule has 1 aromatic carbocycles. The number of aromatic nitrogens is 2. The Morgan fingerprint density at radius 1 is 1.18 bits per heavy atom. The zero-order valence-electron chi connectivity index (χ0n) is 12.9. The number of ether oxygens (including phenoxy) is 1. The normalized spacial score (nSPS) is 12.3. The molecule has 0 fully saturated rings. The second-order valence-corrected chi connectivity index (χ2v) is 5.44. The van der Waals surface area contributed by atoms with Crippen molar-refractivity contribution in [3.63, 3.8) is 0 Å². The Hall–Kier alpha value is -2.62. The molecule has 0 amide bonds. The number of carbonyl (C=O) groups excluding carboxylic acids is 1. The average Bonchev–Trinajstić information content (AvgIpc) is 2.83. The number of imidazole rings is 1. The second kappa shape index (κ2) is 5.64. The van der Waals surface area contributed by atoms with Crippen LogP contribution in [0.15, 0.2) is 48.7 Å². The molecule has 0 aliphatic heterocycles. The SMILES string of the molecule is Cc1ccn2c(C(=O)O[C@H](C)c3ccccc3)c(C)nc2c1. The number of esters is 1. The van der Waals surface area contributed by atoms with Gasteiger partial charge in [-0.3, -0.25) is 4.40 Å². The molecule has 0 radical (unpaired) electrons. The van der Waals surface area contributed by atoms with Gasteiger partial charge in [0.2, 0.25) is 0 Å². The molecular formula is C18H18N2O2. The first-order chi connectivity index (χ1) is 10.6. The van der Waals surface area contributed by atoms with E-state index in [9.17, 15) is 4.79 Å². The number of hydrogen-bond donors (Lipinski definition) is 0. The molecule has 4 nitrogen and oxygen atoms in total. The number of carbonyl (C=O) groups is 1. The van der Waals surface area contributed by atoms with Crippen molar-refractivity contribution in [1.29, 1.82) is 0 Å². The van der Waals surface area contributed by atoms with Gasteiger partial charge in [0.25, 0.3) is 0 Å². The molecule has 0 aliphatic rings. The van der Waals surface area contributed by atoms with Crippen LogP contribution < -0.4 is 0 Å². The maximum atomic E-state index is 12.5. The smallest absolute Gasteiger partial charge is 0.357 e. The van der Waals surface area contributed by atoms with Gasteiger partial charge >= 0.3 is 5.97 Å². The number of rotatable bonds is 3. The molecular weight excluding hydrogens is 276 g/mol. The van der Waals surface area contributed by atoms with Gasteiger partial charge < -0.3 is 4.74 Å². The molecule has 0 unspecified atom stereocenters. The van der Waals surface area contributed by atoms with Crippen molar-refractivity contribution in [3.8, 4) is 0 Å². The van der Waals surface area contributed by atoms with E-state index in [0.717, 1.165) is 16.8 Å². The topological polar surface area (TPSA) is 43.6 Å². The molecule has 22 heavy (non-hydrogen) atoms. The summed E-state index contributed by atoms with van der Waals surface area (Å²) in [5, 5.41) is 0. The third kappa shape index (κ3) is 2.60. The van der Waals surface area contributed by atoms with Gasteiger partial charge in [-0.25, -0.2) is 9.78 Å². The predicted octanol–water partition coefficient (Wildman–Crippen LogP) is 3.87. The van der Waals surface area contributed by atoms with Crippen LogP contribution in [0.1, 0.15) is 40.3 Å². The number of fused-ring (bicyclic) bond motifs is 1. The maximum Gasteiger partial charge on any atom is 0.357 e. The monoisotopic (exact) mass is 294 g/mol. The van der Waals surface area contributed by atoms with E-state index in [4.69, 9.17) is 4.74 Å². The van der Waals surface area contributed by atoms with E-state index in [1.807, 2.05) is 69.4 Å². The minimum absolute atomic E-state index is 0.302. The van der Waals surface area contributed by atoms with Gasteiger partial charge in [0, 0.05) is 6.20 Å². The third-order valence-electron chi connectivity index (χ3n) is 3.70. The van der Waals surface area contributed by atoms with Crippen molar-refractivity contribution in [2.75, 3.05) is 0 Å². The Kier molecular flexibility index (Phi) is 3.67. The molecule has 4 heteroatoms. The summed E-state index contributed by atoms with van der Waals surface area (Å²) in [5.41, 5.74) is 4.00. The predicted molar refractivity (Wildman–Crippen MR) is 84.9 cm³/mol. The Morgan fingerprint density at radius 2 is 1.91 bits per heavy atom. The summed E-state index contributed by atoms with van der Waals surface area (Å²) in [5.74, 6) is -0.356. The number of nitrogens with zero attached hydrogens (tertiary/aromatic N) is 2. The van der Waals surface area contributed by atoms with Crippen molar-refractivity contribution < 1.29 is 9.53 Å². The highest BCUT2D eigenvalue weighted by molar-refractivity contribution is 5.90. The zero-order chi connectivity index (χ0) is 15.7. The van der Waals surface area contributed by atoms with Gasteiger partial charge in [-0.2, -0.15) is 0 Å². The zero-order valence-corrected chi connectivity index (χ0v) is 12.9. The quantitative estimate of drug-likeness (QED) is 0.689. The van der Waals surface area contributed by atoms with Crippen LogP contribution in [0.2, 0.25) is 0 Å². The van der Waals surface area contributed by atoms with Crippen molar-refractivity contribution in [2.45, 2.75) is 26.9 Å². The third-order valence-corrected chi connectivity index (χ3v) is 3.70. The molecule has 2 aromatic heterocycles. The van der Waals surface area contributed by atoms with E-state index in [1.54, 1.807) is 4.40 Å². The first-order valence-corrected chi connectivity index (χ1v) is 7.27. The minimum Gasteiger partial charge on any atom is -0.453 e. The van der Waals surface area contributed by atoms with Crippen LogP contribution in [0, 0.1) is 13.8 Å². The Morgan fingerprint density at radius 3 is 2.64 bits per heavy atom. The molecule has 2 heterocycles. The van der Waals surface area contributed by atoms with Crippen LogP contribution in [-0.2, 0) is 4.74 Å². The number of pyridine rings is 1. The molecule has 0 N–H and O–H groups in total. The van der Waals surface area contributed by atoms with Crippen LogP contribution in [0.3, 0.4) is 0 Å². The number of benzene rings is 1.